The molecule has 4 aromatic rings. The van der Waals surface area contributed by atoms with E-state index in [0.717, 1.165) is 27.4 Å². The smallest absolute Gasteiger partial charge is 0.244 e. The van der Waals surface area contributed by atoms with Gasteiger partial charge in [-0.2, -0.15) is 0 Å². The topological polar surface area (TPSA) is 46.9 Å². The fourth-order valence-corrected chi connectivity index (χ4v) is 3.89. The van der Waals surface area contributed by atoms with Crippen molar-refractivity contribution in [3.63, 3.8) is 0 Å². The summed E-state index contributed by atoms with van der Waals surface area (Å²) in [5.74, 6) is -0.394. The molecule has 0 unspecified atom stereocenters. The first kappa shape index (κ1) is 19.8. The lowest BCUT2D eigenvalue weighted by Crippen LogP contribution is -2.20. The van der Waals surface area contributed by atoms with Gasteiger partial charge in [-0.25, -0.2) is 9.37 Å². The van der Waals surface area contributed by atoms with Gasteiger partial charge in [0.15, 0.2) is 0 Å². The van der Waals surface area contributed by atoms with Crippen molar-refractivity contribution in [2.45, 2.75) is 13.1 Å². The molecule has 0 atom stereocenters. The Morgan fingerprint density at radius 3 is 2.53 bits per heavy atom. The van der Waals surface area contributed by atoms with E-state index >= 15 is 0 Å². The number of nitrogens with one attached hydrogen (secondary N) is 1. The zero-order valence-electron chi connectivity index (χ0n) is 16.2. The van der Waals surface area contributed by atoms with Crippen molar-refractivity contribution >= 4 is 23.3 Å². The third-order valence-corrected chi connectivity index (χ3v) is 5.67. The SMILES string of the molecule is O=C(/C=C/c1ccc(-c2ccc(F)cc2)s1)NCc1ccc(Cn2ccnc2)cc1. The lowest BCUT2D eigenvalue weighted by molar-refractivity contribution is -0.116. The van der Waals surface area contributed by atoms with Gasteiger partial charge < -0.3 is 9.88 Å². The minimum Gasteiger partial charge on any atom is -0.348 e. The van der Waals surface area contributed by atoms with Crippen molar-refractivity contribution in [1.29, 1.82) is 0 Å². The molecule has 0 spiro atoms. The van der Waals surface area contributed by atoms with Crippen molar-refractivity contribution in [2.24, 2.45) is 0 Å². The van der Waals surface area contributed by atoms with Gasteiger partial charge in [-0.15, -0.1) is 11.3 Å². The van der Waals surface area contributed by atoms with Crippen LogP contribution >= 0.6 is 11.3 Å². The number of carbonyl (C=O) groups is 1. The molecule has 30 heavy (non-hydrogen) atoms. The van der Waals surface area contributed by atoms with Gasteiger partial charge in [-0.1, -0.05) is 36.4 Å². The second kappa shape index (κ2) is 9.33. The van der Waals surface area contributed by atoms with E-state index in [-0.39, 0.29) is 11.7 Å². The third kappa shape index (κ3) is 5.30. The largest absolute Gasteiger partial charge is 0.348 e. The van der Waals surface area contributed by atoms with Crippen LogP contribution in [-0.4, -0.2) is 15.5 Å². The Hall–Kier alpha value is -3.51. The highest BCUT2D eigenvalue weighted by molar-refractivity contribution is 7.16. The maximum absolute atomic E-state index is 13.1. The van der Waals surface area contributed by atoms with E-state index in [1.165, 1.54) is 23.8 Å². The number of hydrogen-bond donors (Lipinski definition) is 1. The van der Waals surface area contributed by atoms with Crippen molar-refractivity contribution in [3.05, 3.63) is 107 Å². The number of amides is 1. The van der Waals surface area contributed by atoms with Crippen LogP contribution in [0.3, 0.4) is 0 Å². The van der Waals surface area contributed by atoms with Crippen molar-refractivity contribution in [1.82, 2.24) is 14.9 Å². The minimum absolute atomic E-state index is 0.144. The van der Waals surface area contributed by atoms with E-state index in [0.29, 0.717) is 6.54 Å². The molecule has 0 saturated heterocycles. The molecule has 0 aliphatic heterocycles. The van der Waals surface area contributed by atoms with E-state index in [9.17, 15) is 9.18 Å². The molecule has 0 bridgehead atoms. The summed E-state index contributed by atoms with van der Waals surface area (Å²) >= 11 is 1.56. The Morgan fingerprint density at radius 1 is 1.03 bits per heavy atom. The molecule has 2 aromatic carbocycles. The lowest BCUT2D eigenvalue weighted by atomic mass is 10.1. The minimum atomic E-state index is -0.250. The number of thiophene rings is 1. The number of carbonyl (C=O) groups excluding carboxylic acids is 1. The van der Waals surface area contributed by atoms with Crippen LogP contribution in [-0.2, 0) is 17.9 Å². The van der Waals surface area contributed by atoms with E-state index < -0.39 is 0 Å². The Morgan fingerprint density at radius 2 is 1.80 bits per heavy atom. The monoisotopic (exact) mass is 417 g/mol. The molecule has 0 fully saturated rings. The Labute approximate surface area is 178 Å². The average molecular weight is 418 g/mol. The van der Waals surface area contributed by atoms with Gasteiger partial charge in [-0.05, 0) is 47.0 Å². The molecule has 0 radical (unpaired) electrons. The Balaban J connectivity index is 1.28. The Bertz CT molecular complexity index is 1130. The number of hydrogen-bond acceptors (Lipinski definition) is 3. The first-order chi connectivity index (χ1) is 14.7. The standard InChI is InChI=1S/C24H20FN3OS/c25-21-7-5-20(6-8-21)23-11-9-22(30-23)10-12-24(29)27-15-18-1-3-19(4-2-18)16-28-14-13-26-17-28/h1-14,17H,15-16H2,(H,27,29)/b12-10+. The van der Waals surface area contributed by atoms with Crippen LogP contribution in [0.1, 0.15) is 16.0 Å². The molecule has 150 valence electrons. The zero-order chi connectivity index (χ0) is 20.8. The molecule has 4 nitrogen and oxygen atoms in total. The number of halogens is 1. The van der Waals surface area contributed by atoms with Crippen molar-refractivity contribution in [3.8, 4) is 10.4 Å². The van der Waals surface area contributed by atoms with Gasteiger partial charge in [0.2, 0.25) is 5.91 Å². The van der Waals surface area contributed by atoms with Gasteiger partial charge in [0.05, 0.1) is 6.33 Å². The van der Waals surface area contributed by atoms with Gasteiger partial charge in [-0.3, -0.25) is 4.79 Å². The number of imidazole rings is 1. The van der Waals surface area contributed by atoms with Crippen molar-refractivity contribution < 1.29 is 9.18 Å². The summed E-state index contributed by atoms with van der Waals surface area (Å²) in [4.78, 5) is 18.2. The summed E-state index contributed by atoms with van der Waals surface area (Å²) in [7, 11) is 0. The van der Waals surface area contributed by atoms with Crippen LogP contribution in [0, 0.1) is 5.82 Å². The fraction of sp³-hybridized carbons (Fsp3) is 0.0833. The molecular formula is C24H20FN3OS. The van der Waals surface area contributed by atoms with Crippen LogP contribution in [0.4, 0.5) is 4.39 Å². The number of rotatable bonds is 7. The summed E-state index contributed by atoms with van der Waals surface area (Å²) < 4.78 is 15.1. The van der Waals surface area contributed by atoms with Crippen LogP contribution < -0.4 is 5.32 Å². The first-order valence-corrected chi connectivity index (χ1v) is 10.3. The molecule has 1 N–H and O–H groups in total. The highest BCUT2D eigenvalue weighted by Gasteiger charge is 2.03. The summed E-state index contributed by atoms with van der Waals surface area (Å²) in [6.07, 6.45) is 8.81. The molecule has 2 aromatic heterocycles. The summed E-state index contributed by atoms with van der Waals surface area (Å²) in [5.41, 5.74) is 3.18. The zero-order valence-corrected chi connectivity index (χ0v) is 17.0. The molecule has 4 rings (SSSR count). The highest BCUT2D eigenvalue weighted by atomic mass is 32.1. The van der Waals surface area contributed by atoms with Gasteiger partial charge >= 0.3 is 0 Å². The molecule has 0 saturated carbocycles. The fourth-order valence-electron chi connectivity index (χ4n) is 2.97. The summed E-state index contributed by atoms with van der Waals surface area (Å²) in [6.45, 7) is 1.25. The number of aromatic nitrogens is 2. The second-order valence-corrected chi connectivity index (χ2v) is 7.93. The Kier molecular flexibility index (Phi) is 6.15. The van der Waals surface area contributed by atoms with Crippen LogP contribution in [0.15, 0.2) is 85.5 Å². The summed E-state index contributed by atoms with van der Waals surface area (Å²) in [5, 5.41) is 2.90. The number of nitrogens with zero attached hydrogens (tertiary/aromatic N) is 2. The molecule has 6 heteroatoms. The quantitative estimate of drug-likeness (QED) is 0.424. The summed E-state index contributed by atoms with van der Waals surface area (Å²) in [6, 6.07) is 18.5. The normalized spacial score (nSPS) is 11.1. The highest BCUT2D eigenvalue weighted by Crippen LogP contribution is 2.28. The van der Waals surface area contributed by atoms with Gasteiger partial charge in [0.1, 0.15) is 5.82 Å². The maximum atomic E-state index is 13.1. The van der Waals surface area contributed by atoms with E-state index in [2.05, 4.69) is 22.4 Å². The van der Waals surface area contributed by atoms with Crippen LogP contribution in [0.2, 0.25) is 0 Å². The third-order valence-electron chi connectivity index (χ3n) is 4.57. The lowest BCUT2D eigenvalue weighted by Gasteiger charge is -2.06. The maximum Gasteiger partial charge on any atom is 0.244 e. The predicted octanol–water partition coefficient (Wildman–Crippen LogP) is 5.13. The molecule has 2 heterocycles. The number of benzene rings is 2. The van der Waals surface area contributed by atoms with Gasteiger partial charge in [0.25, 0.3) is 0 Å². The second-order valence-electron chi connectivity index (χ2n) is 6.81. The van der Waals surface area contributed by atoms with E-state index in [4.69, 9.17) is 0 Å². The molecule has 1 amide bonds. The molecular weight excluding hydrogens is 397 g/mol. The van der Waals surface area contributed by atoms with Crippen molar-refractivity contribution in [2.75, 3.05) is 0 Å². The average Bonchev–Trinajstić information content (AvgIpc) is 3.44. The van der Waals surface area contributed by atoms with Gasteiger partial charge in [0, 0.05) is 41.3 Å². The van der Waals surface area contributed by atoms with Crippen LogP contribution in [0.5, 0.6) is 0 Å². The first-order valence-electron chi connectivity index (χ1n) is 9.51. The predicted molar refractivity (Wildman–Crippen MR) is 118 cm³/mol. The molecule has 0 aliphatic rings. The van der Waals surface area contributed by atoms with Crippen LogP contribution in [0.25, 0.3) is 16.5 Å². The molecule has 0 aliphatic carbocycles. The van der Waals surface area contributed by atoms with E-state index in [1.54, 1.807) is 42.1 Å². The van der Waals surface area contributed by atoms with E-state index in [1.807, 2.05) is 35.0 Å².